The van der Waals surface area contributed by atoms with Crippen LogP contribution in [0.4, 0.5) is 0 Å². The van der Waals surface area contributed by atoms with Gasteiger partial charge in [-0.2, -0.15) is 0 Å². The van der Waals surface area contributed by atoms with Crippen molar-refractivity contribution in [2.45, 2.75) is 6.92 Å². The Morgan fingerprint density at radius 3 is 2.52 bits per heavy atom. The van der Waals surface area contributed by atoms with Crippen molar-refractivity contribution in [3.8, 4) is 23.1 Å². The van der Waals surface area contributed by atoms with E-state index in [9.17, 15) is 4.79 Å². The Morgan fingerprint density at radius 1 is 1.00 bits per heavy atom. The third kappa shape index (κ3) is 2.83. The average molecular weight is 364 g/mol. The average Bonchev–Trinajstić information content (AvgIpc) is 3.01. The number of fused-ring (bicyclic) bond motifs is 2. The van der Waals surface area contributed by atoms with E-state index in [0.29, 0.717) is 50.9 Å². The molecule has 0 atom stereocenters. The minimum atomic E-state index is 0.374. The molecule has 0 aliphatic carbocycles. The van der Waals surface area contributed by atoms with E-state index in [4.69, 9.17) is 18.6 Å². The molecule has 2 aromatic carbocycles. The maximum Gasteiger partial charge on any atom is 0.230 e. The van der Waals surface area contributed by atoms with Gasteiger partial charge in [0, 0.05) is 17.5 Å². The summed E-state index contributed by atoms with van der Waals surface area (Å²) >= 11 is 0. The number of hydrogen-bond donors (Lipinski definition) is 0. The number of rotatable bonds is 5. The highest BCUT2D eigenvalue weighted by atomic mass is 16.5. The Labute approximate surface area is 154 Å². The number of ether oxygens (including phenoxy) is 3. The number of benzene rings is 2. The lowest BCUT2D eigenvalue weighted by Gasteiger charge is -2.11. The van der Waals surface area contributed by atoms with Crippen LogP contribution in [0.3, 0.4) is 0 Å². The van der Waals surface area contributed by atoms with Crippen LogP contribution in [0.1, 0.15) is 16.1 Å². The lowest BCUT2D eigenvalue weighted by molar-refractivity contribution is 0.112. The maximum absolute atomic E-state index is 11.2. The lowest BCUT2D eigenvalue weighted by atomic mass is 10.1. The van der Waals surface area contributed by atoms with Crippen molar-refractivity contribution in [1.29, 1.82) is 0 Å². The van der Waals surface area contributed by atoms with Crippen molar-refractivity contribution in [3.63, 3.8) is 0 Å². The first-order valence-electron chi connectivity index (χ1n) is 8.17. The van der Waals surface area contributed by atoms with Gasteiger partial charge in [0.05, 0.1) is 30.7 Å². The molecule has 0 fully saturated rings. The van der Waals surface area contributed by atoms with E-state index in [1.807, 2.05) is 0 Å². The lowest BCUT2D eigenvalue weighted by Crippen LogP contribution is -1.95. The Balaban J connectivity index is 1.79. The normalized spacial score (nSPS) is 10.9. The van der Waals surface area contributed by atoms with Gasteiger partial charge in [0.2, 0.25) is 5.88 Å². The van der Waals surface area contributed by atoms with Crippen molar-refractivity contribution in [3.05, 3.63) is 48.0 Å². The highest BCUT2D eigenvalue weighted by Crippen LogP contribution is 2.36. The fourth-order valence-corrected chi connectivity index (χ4v) is 2.98. The predicted molar refractivity (Wildman–Crippen MR) is 99.1 cm³/mol. The first-order chi connectivity index (χ1) is 13.1. The number of hydrogen-bond acceptors (Lipinski definition) is 7. The third-order valence-electron chi connectivity index (χ3n) is 4.32. The maximum atomic E-state index is 11.2. The van der Waals surface area contributed by atoms with Crippen LogP contribution in [0, 0.1) is 6.92 Å². The number of methoxy groups -OCH3 is 2. The van der Waals surface area contributed by atoms with Gasteiger partial charge in [0.15, 0.2) is 17.8 Å². The highest BCUT2D eigenvalue weighted by molar-refractivity contribution is 5.98. The van der Waals surface area contributed by atoms with Gasteiger partial charge in [-0.25, -0.2) is 9.97 Å². The number of furan rings is 1. The molecular weight excluding hydrogens is 348 g/mol. The number of aldehydes is 1. The molecule has 136 valence electrons. The zero-order chi connectivity index (χ0) is 19.0. The molecule has 27 heavy (non-hydrogen) atoms. The summed E-state index contributed by atoms with van der Waals surface area (Å²) in [4.78, 5) is 19.7. The van der Waals surface area contributed by atoms with Gasteiger partial charge < -0.3 is 18.6 Å². The van der Waals surface area contributed by atoms with Gasteiger partial charge in [-0.1, -0.05) is 0 Å². The van der Waals surface area contributed by atoms with E-state index in [0.717, 1.165) is 11.7 Å². The Morgan fingerprint density at radius 2 is 1.78 bits per heavy atom. The third-order valence-corrected chi connectivity index (χ3v) is 4.32. The van der Waals surface area contributed by atoms with Crippen LogP contribution >= 0.6 is 0 Å². The summed E-state index contributed by atoms with van der Waals surface area (Å²) in [7, 11) is 3.13. The van der Waals surface area contributed by atoms with Crippen molar-refractivity contribution >= 4 is 28.2 Å². The second-order valence-electron chi connectivity index (χ2n) is 5.85. The fraction of sp³-hybridized carbons (Fsp3) is 0.150. The zero-order valence-corrected chi connectivity index (χ0v) is 15.0. The van der Waals surface area contributed by atoms with Crippen LogP contribution in [-0.2, 0) is 0 Å². The fourth-order valence-electron chi connectivity index (χ4n) is 2.98. The first kappa shape index (κ1) is 16.8. The molecular formula is C20H16N2O5. The van der Waals surface area contributed by atoms with Crippen molar-refractivity contribution in [2.24, 2.45) is 0 Å². The van der Waals surface area contributed by atoms with Crippen LogP contribution in [0.2, 0.25) is 0 Å². The monoisotopic (exact) mass is 364 g/mol. The molecule has 2 aromatic heterocycles. The van der Waals surface area contributed by atoms with Crippen LogP contribution in [-0.4, -0.2) is 30.5 Å². The summed E-state index contributed by atoms with van der Waals surface area (Å²) in [6.07, 6.45) is 2.21. The molecule has 0 aliphatic rings. The molecule has 7 nitrogen and oxygen atoms in total. The van der Waals surface area contributed by atoms with Gasteiger partial charge in [0.1, 0.15) is 23.4 Å². The molecule has 0 amide bonds. The van der Waals surface area contributed by atoms with E-state index in [2.05, 4.69) is 9.97 Å². The SMILES string of the molecule is COc1cc2ncnc(Oc3ccc4c(C=O)c(C)oc4c3)c2cc1OC. The Hall–Kier alpha value is -3.61. The summed E-state index contributed by atoms with van der Waals surface area (Å²) in [5, 5.41) is 1.42. The molecule has 0 unspecified atom stereocenters. The number of carbonyl (C=O) groups is 1. The van der Waals surface area contributed by atoms with E-state index < -0.39 is 0 Å². The summed E-state index contributed by atoms with van der Waals surface area (Å²) in [6, 6.07) is 8.81. The van der Waals surface area contributed by atoms with Gasteiger partial charge in [-0.3, -0.25) is 4.79 Å². The van der Waals surface area contributed by atoms with Crippen LogP contribution in [0.5, 0.6) is 23.1 Å². The summed E-state index contributed by atoms with van der Waals surface area (Å²) in [5.74, 6) is 2.60. The topological polar surface area (TPSA) is 83.7 Å². The predicted octanol–water partition coefficient (Wildman–Crippen LogP) is 4.31. The molecule has 0 spiro atoms. The van der Waals surface area contributed by atoms with E-state index in [1.54, 1.807) is 51.5 Å². The number of aromatic nitrogens is 2. The van der Waals surface area contributed by atoms with E-state index in [-0.39, 0.29) is 0 Å². The first-order valence-corrected chi connectivity index (χ1v) is 8.17. The second-order valence-corrected chi connectivity index (χ2v) is 5.85. The Kier molecular flexibility index (Phi) is 4.12. The van der Waals surface area contributed by atoms with Crippen LogP contribution < -0.4 is 14.2 Å². The molecule has 0 aliphatic heterocycles. The van der Waals surface area contributed by atoms with Crippen molar-refractivity contribution in [2.75, 3.05) is 14.2 Å². The summed E-state index contributed by atoms with van der Waals surface area (Å²) in [5.41, 5.74) is 1.78. The summed E-state index contributed by atoms with van der Waals surface area (Å²) < 4.78 is 22.3. The Bertz CT molecular complexity index is 1170. The molecule has 0 bridgehead atoms. The smallest absolute Gasteiger partial charge is 0.230 e. The number of aryl methyl sites for hydroxylation is 1. The molecule has 7 heteroatoms. The van der Waals surface area contributed by atoms with Crippen molar-refractivity contribution in [1.82, 2.24) is 9.97 Å². The number of nitrogens with zero attached hydrogens (tertiary/aromatic N) is 2. The minimum absolute atomic E-state index is 0.374. The minimum Gasteiger partial charge on any atom is -0.493 e. The molecule has 4 aromatic rings. The number of carbonyl (C=O) groups excluding carboxylic acids is 1. The molecule has 2 heterocycles. The zero-order valence-electron chi connectivity index (χ0n) is 15.0. The molecule has 0 saturated carbocycles. The van der Waals surface area contributed by atoms with Gasteiger partial charge >= 0.3 is 0 Å². The van der Waals surface area contributed by atoms with Gasteiger partial charge in [-0.15, -0.1) is 0 Å². The molecule has 4 rings (SSSR count). The van der Waals surface area contributed by atoms with Crippen molar-refractivity contribution < 1.29 is 23.4 Å². The van der Waals surface area contributed by atoms with Gasteiger partial charge in [0.25, 0.3) is 0 Å². The van der Waals surface area contributed by atoms with Crippen LogP contribution in [0.15, 0.2) is 41.1 Å². The highest BCUT2D eigenvalue weighted by Gasteiger charge is 2.14. The molecule has 0 N–H and O–H groups in total. The second kappa shape index (κ2) is 6.60. The van der Waals surface area contributed by atoms with E-state index in [1.165, 1.54) is 6.33 Å². The summed E-state index contributed by atoms with van der Waals surface area (Å²) in [6.45, 7) is 1.75. The van der Waals surface area contributed by atoms with Crippen LogP contribution in [0.25, 0.3) is 21.9 Å². The van der Waals surface area contributed by atoms with Gasteiger partial charge in [-0.05, 0) is 25.1 Å². The molecule has 0 saturated heterocycles. The standard InChI is InChI=1S/C20H16N2O5/c1-11-15(9-23)13-5-4-12(6-17(13)26-11)27-20-14-7-18(24-2)19(25-3)8-16(14)21-10-22-20/h4-10H,1-3H3. The quantitative estimate of drug-likeness (QED) is 0.488. The van der Waals surface area contributed by atoms with E-state index >= 15 is 0 Å². The largest absolute Gasteiger partial charge is 0.493 e. The molecule has 0 radical (unpaired) electrons.